The first kappa shape index (κ1) is 19.5. The van der Waals surface area contributed by atoms with Crippen molar-refractivity contribution in [1.82, 2.24) is 0 Å². The molecular weight excluding hydrogens is 418 g/mol. The second-order valence-corrected chi connectivity index (χ2v) is 6.76. The first-order chi connectivity index (χ1) is 13.7. The molecule has 0 aliphatic carbocycles. The van der Waals surface area contributed by atoms with E-state index in [0.29, 0.717) is 23.7 Å². The maximum Gasteiger partial charge on any atom is 0.161 e. The van der Waals surface area contributed by atoms with E-state index in [9.17, 15) is 5.26 Å². The first-order valence-electron chi connectivity index (χ1n) is 8.53. The van der Waals surface area contributed by atoms with Crippen LogP contribution in [0.15, 0.2) is 76.3 Å². The molecule has 0 spiro atoms. The van der Waals surface area contributed by atoms with E-state index < -0.39 is 0 Å². The van der Waals surface area contributed by atoms with Crippen LogP contribution in [0.5, 0.6) is 11.5 Å². The van der Waals surface area contributed by atoms with Crippen LogP contribution in [0.2, 0.25) is 0 Å². The molecule has 6 heteroatoms. The number of nitrogens with one attached hydrogen (secondary N) is 1. The number of nitriles is 1. The van der Waals surface area contributed by atoms with Gasteiger partial charge in [0.2, 0.25) is 0 Å². The van der Waals surface area contributed by atoms with Crippen molar-refractivity contribution in [3.8, 4) is 17.6 Å². The van der Waals surface area contributed by atoms with Crippen LogP contribution in [0, 0.1) is 11.3 Å². The van der Waals surface area contributed by atoms with Crippen molar-refractivity contribution in [2.75, 3.05) is 12.5 Å². The van der Waals surface area contributed by atoms with Gasteiger partial charge in [-0.15, -0.1) is 0 Å². The molecule has 0 amide bonds. The molecule has 3 aromatic carbocycles. The molecule has 0 fully saturated rings. The van der Waals surface area contributed by atoms with Gasteiger partial charge < -0.3 is 9.47 Å². The van der Waals surface area contributed by atoms with E-state index in [4.69, 9.17) is 9.47 Å². The molecule has 0 aliphatic rings. The van der Waals surface area contributed by atoms with Gasteiger partial charge in [0.1, 0.15) is 6.61 Å². The van der Waals surface area contributed by atoms with Gasteiger partial charge in [0.05, 0.1) is 30.6 Å². The maximum atomic E-state index is 9.18. The molecule has 0 saturated carbocycles. The highest BCUT2D eigenvalue weighted by Gasteiger charge is 2.07. The fraction of sp³-hybridized carbons (Fsp3) is 0.0909. The van der Waals surface area contributed by atoms with Gasteiger partial charge in [0.25, 0.3) is 0 Å². The molecule has 3 rings (SSSR count). The minimum atomic E-state index is 0.290. The second-order valence-electron chi connectivity index (χ2n) is 5.84. The Hall–Kier alpha value is -3.30. The van der Waals surface area contributed by atoms with Crippen molar-refractivity contribution >= 4 is 27.8 Å². The molecule has 0 saturated heterocycles. The number of rotatable bonds is 7. The van der Waals surface area contributed by atoms with Gasteiger partial charge in [-0.1, -0.05) is 34.1 Å². The molecule has 1 N–H and O–H groups in total. The summed E-state index contributed by atoms with van der Waals surface area (Å²) in [5, 5.41) is 13.4. The molecule has 0 unspecified atom stereocenters. The summed E-state index contributed by atoms with van der Waals surface area (Å²) in [6, 6.07) is 22.8. The van der Waals surface area contributed by atoms with Gasteiger partial charge in [-0.05, 0) is 54.1 Å². The van der Waals surface area contributed by atoms with Gasteiger partial charge in [-0.2, -0.15) is 10.4 Å². The summed E-state index contributed by atoms with van der Waals surface area (Å²) in [7, 11) is 1.59. The third-order valence-electron chi connectivity index (χ3n) is 3.96. The highest BCUT2D eigenvalue weighted by Crippen LogP contribution is 2.28. The molecular formula is C22H18BrN3O2. The third-order valence-corrected chi connectivity index (χ3v) is 4.49. The molecule has 140 valence electrons. The lowest BCUT2D eigenvalue weighted by molar-refractivity contribution is 0.284. The minimum Gasteiger partial charge on any atom is -0.493 e. The lowest BCUT2D eigenvalue weighted by Gasteiger charge is -2.12. The van der Waals surface area contributed by atoms with Crippen LogP contribution in [-0.4, -0.2) is 13.3 Å². The second kappa shape index (κ2) is 9.58. The SMILES string of the molecule is COc1cc(/C=N/Nc2ccc(Br)cc2)ccc1OCc1ccccc1C#N. The Kier molecular flexibility index (Phi) is 6.66. The number of hydrazone groups is 1. The lowest BCUT2D eigenvalue weighted by atomic mass is 10.1. The van der Waals surface area contributed by atoms with E-state index in [2.05, 4.69) is 32.5 Å². The zero-order chi connectivity index (χ0) is 19.8. The summed E-state index contributed by atoms with van der Waals surface area (Å²) in [4.78, 5) is 0. The Labute approximate surface area is 172 Å². The molecule has 0 atom stereocenters. The zero-order valence-corrected chi connectivity index (χ0v) is 16.8. The Bertz CT molecular complexity index is 1010. The smallest absolute Gasteiger partial charge is 0.161 e. The van der Waals surface area contributed by atoms with Crippen LogP contribution in [-0.2, 0) is 6.61 Å². The topological polar surface area (TPSA) is 66.6 Å². The largest absolute Gasteiger partial charge is 0.493 e. The number of hydrogen-bond acceptors (Lipinski definition) is 5. The summed E-state index contributed by atoms with van der Waals surface area (Å²) < 4.78 is 12.3. The number of benzene rings is 3. The molecule has 0 heterocycles. The van der Waals surface area contributed by atoms with Crippen LogP contribution >= 0.6 is 15.9 Å². The Morgan fingerprint density at radius 3 is 2.61 bits per heavy atom. The highest BCUT2D eigenvalue weighted by molar-refractivity contribution is 9.10. The molecule has 5 nitrogen and oxygen atoms in total. The first-order valence-corrected chi connectivity index (χ1v) is 9.32. The van der Waals surface area contributed by atoms with Gasteiger partial charge in [-0.25, -0.2) is 0 Å². The monoisotopic (exact) mass is 435 g/mol. The van der Waals surface area contributed by atoms with Crippen LogP contribution in [0.1, 0.15) is 16.7 Å². The average molecular weight is 436 g/mol. The van der Waals surface area contributed by atoms with Crippen molar-refractivity contribution in [3.63, 3.8) is 0 Å². The maximum absolute atomic E-state index is 9.18. The third kappa shape index (κ3) is 5.12. The standard InChI is InChI=1S/C22H18BrN3O2/c1-27-22-12-16(14-25-26-20-9-7-19(23)8-10-20)6-11-21(22)28-15-18-5-3-2-4-17(18)13-24/h2-12,14,26H,15H2,1H3/b25-14+. The predicted octanol–water partition coefficient (Wildman–Crippen LogP) is 5.35. The predicted molar refractivity (Wildman–Crippen MR) is 114 cm³/mol. The molecule has 0 radical (unpaired) electrons. The van der Waals surface area contributed by atoms with E-state index in [0.717, 1.165) is 21.3 Å². The van der Waals surface area contributed by atoms with Crippen LogP contribution in [0.4, 0.5) is 5.69 Å². The molecule has 28 heavy (non-hydrogen) atoms. The van der Waals surface area contributed by atoms with E-state index in [1.165, 1.54) is 0 Å². The van der Waals surface area contributed by atoms with Gasteiger partial charge >= 0.3 is 0 Å². The van der Waals surface area contributed by atoms with Crippen LogP contribution < -0.4 is 14.9 Å². The fourth-order valence-electron chi connectivity index (χ4n) is 2.50. The van der Waals surface area contributed by atoms with Gasteiger partial charge in [0, 0.05) is 10.0 Å². The van der Waals surface area contributed by atoms with E-state index in [1.807, 2.05) is 60.7 Å². The van der Waals surface area contributed by atoms with Crippen molar-refractivity contribution in [3.05, 3.63) is 87.9 Å². The lowest BCUT2D eigenvalue weighted by Crippen LogP contribution is -2.00. The molecule has 3 aromatic rings. The highest BCUT2D eigenvalue weighted by atomic mass is 79.9. The van der Waals surface area contributed by atoms with Crippen molar-refractivity contribution in [2.45, 2.75) is 6.61 Å². The van der Waals surface area contributed by atoms with Crippen LogP contribution in [0.25, 0.3) is 0 Å². The van der Waals surface area contributed by atoms with E-state index >= 15 is 0 Å². The number of ether oxygens (including phenoxy) is 2. The molecule has 0 aromatic heterocycles. The van der Waals surface area contributed by atoms with Crippen LogP contribution in [0.3, 0.4) is 0 Å². The summed E-state index contributed by atoms with van der Waals surface area (Å²) >= 11 is 3.40. The Morgan fingerprint density at radius 2 is 1.86 bits per heavy atom. The summed E-state index contributed by atoms with van der Waals surface area (Å²) in [6.07, 6.45) is 1.71. The van der Waals surface area contributed by atoms with Gasteiger partial charge in [0.15, 0.2) is 11.5 Å². The number of methoxy groups -OCH3 is 1. The number of hydrogen-bond donors (Lipinski definition) is 1. The average Bonchev–Trinajstić information content (AvgIpc) is 2.74. The number of anilines is 1. The van der Waals surface area contributed by atoms with Crippen molar-refractivity contribution < 1.29 is 9.47 Å². The molecule has 0 bridgehead atoms. The van der Waals surface area contributed by atoms with E-state index in [1.54, 1.807) is 19.4 Å². The quantitative estimate of drug-likeness (QED) is 0.400. The van der Waals surface area contributed by atoms with Crippen molar-refractivity contribution in [2.24, 2.45) is 5.10 Å². The number of nitrogens with zero attached hydrogens (tertiary/aromatic N) is 2. The van der Waals surface area contributed by atoms with Crippen molar-refractivity contribution in [1.29, 1.82) is 5.26 Å². The normalized spacial score (nSPS) is 10.5. The summed E-state index contributed by atoms with van der Waals surface area (Å²) in [6.45, 7) is 0.290. The number of halogens is 1. The minimum absolute atomic E-state index is 0.290. The van der Waals surface area contributed by atoms with E-state index in [-0.39, 0.29) is 0 Å². The van der Waals surface area contributed by atoms with Gasteiger partial charge in [-0.3, -0.25) is 5.43 Å². The summed E-state index contributed by atoms with van der Waals surface area (Å²) in [5.74, 6) is 1.20. The zero-order valence-electron chi connectivity index (χ0n) is 15.2. The Balaban J connectivity index is 1.67. The molecule has 0 aliphatic heterocycles. The fourth-order valence-corrected chi connectivity index (χ4v) is 2.76. The Morgan fingerprint density at radius 1 is 1.07 bits per heavy atom. The summed E-state index contributed by atoms with van der Waals surface area (Å²) in [5.41, 5.74) is 6.17.